The predicted molar refractivity (Wildman–Crippen MR) is 105 cm³/mol. The van der Waals surface area contributed by atoms with Crippen molar-refractivity contribution < 1.29 is 22.3 Å². The van der Waals surface area contributed by atoms with Crippen LogP contribution in [0.1, 0.15) is 49.5 Å². The summed E-state index contributed by atoms with van der Waals surface area (Å²) in [6.45, 7) is 8.45. The first-order valence-corrected chi connectivity index (χ1v) is 9.63. The smallest absolute Gasteiger partial charge is 0.367 e. The highest BCUT2D eigenvalue weighted by molar-refractivity contribution is 5.89. The largest absolute Gasteiger partial charge is 0.419 e. The molecular weight excluding hydrogens is 400 g/mol. The van der Waals surface area contributed by atoms with Crippen LogP contribution in [0.5, 0.6) is 0 Å². The summed E-state index contributed by atoms with van der Waals surface area (Å²) in [6, 6.07) is 4.46. The van der Waals surface area contributed by atoms with Crippen LogP contribution in [0.15, 0.2) is 24.3 Å². The van der Waals surface area contributed by atoms with E-state index in [1.165, 1.54) is 12.1 Å². The molecule has 3 aromatic rings. The summed E-state index contributed by atoms with van der Waals surface area (Å²) in [4.78, 5) is 8.99. The van der Waals surface area contributed by atoms with Crippen molar-refractivity contribution in [2.75, 3.05) is 11.9 Å². The maximum absolute atomic E-state index is 14.6. The van der Waals surface area contributed by atoms with Crippen LogP contribution in [0.25, 0.3) is 11.0 Å². The van der Waals surface area contributed by atoms with Gasteiger partial charge in [-0.2, -0.15) is 13.2 Å². The highest BCUT2D eigenvalue weighted by Gasteiger charge is 2.36. The normalized spacial score (nSPS) is 17.1. The van der Waals surface area contributed by atoms with Crippen LogP contribution < -0.4 is 5.32 Å². The molecule has 0 radical (unpaired) electrons. The van der Waals surface area contributed by atoms with Crippen LogP contribution in [0.4, 0.5) is 23.4 Å². The molecule has 1 aromatic carbocycles. The van der Waals surface area contributed by atoms with Gasteiger partial charge in [-0.15, -0.1) is 0 Å². The highest BCUT2D eigenvalue weighted by Crippen LogP contribution is 2.37. The molecule has 1 aliphatic rings. The predicted octanol–water partition coefficient (Wildman–Crippen LogP) is 5.34. The maximum Gasteiger partial charge on any atom is 0.419 e. The third kappa shape index (κ3) is 3.40. The minimum Gasteiger partial charge on any atom is -0.367 e. The molecule has 0 spiro atoms. The molecule has 9 heteroatoms. The molecule has 0 saturated carbocycles. The molecule has 30 heavy (non-hydrogen) atoms. The fraction of sp³-hybridized carbons (Fsp3) is 0.429. The van der Waals surface area contributed by atoms with E-state index in [0.29, 0.717) is 35.8 Å². The average molecular weight is 422 g/mol. The van der Waals surface area contributed by atoms with Gasteiger partial charge >= 0.3 is 6.18 Å². The van der Waals surface area contributed by atoms with Crippen molar-refractivity contribution >= 4 is 16.9 Å². The summed E-state index contributed by atoms with van der Waals surface area (Å²) >= 11 is 0. The third-order valence-corrected chi connectivity index (χ3v) is 5.41. The number of hydrogen-bond acceptors (Lipinski definition) is 4. The Morgan fingerprint density at radius 2 is 1.97 bits per heavy atom. The Morgan fingerprint density at radius 3 is 2.67 bits per heavy atom. The molecule has 0 bridgehead atoms. The summed E-state index contributed by atoms with van der Waals surface area (Å²) in [5.41, 5.74) is -0.224. The van der Waals surface area contributed by atoms with Crippen molar-refractivity contribution in [3.8, 4) is 0 Å². The first-order valence-electron chi connectivity index (χ1n) is 9.63. The van der Waals surface area contributed by atoms with Gasteiger partial charge in [-0.3, -0.25) is 0 Å². The fourth-order valence-corrected chi connectivity index (χ4v) is 3.92. The average Bonchev–Trinajstić information content (AvgIpc) is 3.01. The summed E-state index contributed by atoms with van der Waals surface area (Å²) in [7, 11) is 0. The lowest BCUT2D eigenvalue weighted by atomic mass is 10.0. The fourth-order valence-electron chi connectivity index (χ4n) is 3.92. The molecular formula is C21H22F4N4O. The Kier molecular flexibility index (Phi) is 4.76. The van der Waals surface area contributed by atoms with Crippen molar-refractivity contribution in [3.63, 3.8) is 0 Å². The van der Waals surface area contributed by atoms with E-state index in [1.54, 1.807) is 13.8 Å². The second kappa shape index (κ2) is 6.94. The Hall–Kier alpha value is -2.68. The van der Waals surface area contributed by atoms with Crippen LogP contribution >= 0.6 is 0 Å². The van der Waals surface area contributed by atoms with Gasteiger partial charge in [0.05, 0.1) is 29.3 Å². The number of aryl methyl sites for hydroxylation is 1. The summed E-state index contributed by atoms with van der Waals surface area (Å²) in [5.74, 6) is -0.329. The molecule has 0 saturated heterocycles. The zero-order valence-electron chi connectivity index (χ0n) is 17.1. The van der Waals surface area contributed by atoms with Gasteiger partial charge < -0.3 is 14.6 Å². The van der Waals surface area contributed by atoms with E-state index in [9.17, 15) is 17.6 Å². The molecule has 1 N–H and O–H groups in total. The number of hydrogen-bond donors (Lipinski definition) is 1. The number of ether oxygens (including phenoxy) is 1. The minimum atomic E-state index is -4.76. The van der Waals surface area contributed by atoms with Gasteiger partial charge in [0.2, 0.25) is 0 Å². The topological polar surface area (TPSA) is 52.0 Å². The van der Waals surface area contributed by atoms with Crippen LogP contribution in [0, 0.1) is 12.7 Å². The molecule has 1 atom stereocenters. The molecule has 1 aliphatic heterocycles. The Bertz CT molecular complexity index is 1120. The van der Waals surface area contributed by atoms with Crippen molar-refractivity contribution in [2.45, 2.75) is 52.1 Å². The molecule has 160 valence electrons. The SMILES string of the molecule is Cc1nc(N[C@H](C)c2cccc(C(F)(F)F)c2F)c2cc3n(c2n1)CCOC3(C)C. The lowest BCUT2D eigenvalue weighted by molar-refractivity contribution is -0.140. The number of nitrogens with zero attached hydrogens (tertiary/aromatic N) is 3. The van der Waals surface area contributed by atoms with E-state index in [2.05, 4.69) is 19.9 Å². The van der Waals surface area contributed by atoms with Gasteiger partial charge in [-0.25, -0.2) is 14.4 Å². The monoisotopic (exact) mass is 422 g/mol. The van der Waals surface area contributed by atoms with Gasteiger partial charge in [0.25, 0.3) is 0 Å². The maximum atomic E-state index is 14.6. The number of rotatable bonds is 3. The number of alkyl halides is 3. The summed E-state index contributed by atoms with van der Waals surface area (Å²) < 4.78 is 61.8. The second-order valence-electron chi connectivity index (χ2n) is 7.97. The van der Waals surface area contributed by atoms with E-state index in [-0.39, 0.29) is 5.56 Å². The highest BCUT2D eigenvalue weighted by atomic mass is 19.4. The number of benzene rings is 1. The zero-order chi connectivity index (χ0) is 21.8. The molecule has 4 rings (SSSR count). The zero-order valence-corrected chi connectivity index (χ0v) is 17.1. The van der Waals surface area contributed by atoms with E-state index >= 15 is 0 Å². The molecule has 3 heterocycles. The number of halogens is 4. The van der Waals surface area contributed by atoms with Gasteiger partial charge in [-0.05, 0) is 39.8 Å². The van der Waals surface area contributed by atoms with E-state index in [0.717, 1.165) is 11.8 Å². The van der Waals surface area contributed by atoms with Gasteiger partial charge in [0.1, 0.15) is 28.7 Å². The van der Waals surface area contributed by atoms with Crippen LogP contribution in [-0.4, -0.2) is 21.1 Å². The molecule has 0 aliphatic carbocycles. The van der Waals surface area contributed by atoms with Gasteiger partial charge in [0.15, 0.2) is 0 Å². The lowest BCUT2D eigenvalue weighted by Gasteiger charge is -2.32. The summed E-state index contributed by atoms with van der Waals surface area (Å²) in [5, 5.41) is 3.80. The Morgan fingerprint density at radius 1 is 1.23 bits per heavy atom. The number of aromatic nitrogens is 3. The first-order chi connectivity index (χ1) is 14.0. The van der Waals surface area contributed by atoms with Crippen LogP contribution in [-0.2, 0) is 23.1 Å². The Balaban J connectivity index is 1.78. The molecule has 5 nitrogen and oxygen atoms in total. The van der Waals surface area contributed by atoms with Crippen molar-refractivity contribution in [3.05, 3.63) is 52.7 Å². The standard InChI is InChI=1S/C21H22F4N4O/c1-11(13-6-5-7-15(17(13)22)21(23,24)25)26-18-14-10-16-20(3,4)30-9-8-29(16)19(14)28-12(2)27-18/h5-7,10-11H,8-9H2,1-4H3,(H,26,27,28)/t11-/m1/s1. The minimum absolute atomic E-state index is 0.0816. The van der Waals surface area contributed by atoms with E-state index < -0.39 is 29.2 Å². The van der Waals surface area contributed by atoms with Crippen molar-refractivity contribution in [2.24, 2.45) is 0 Å². The summed E-state index contributed by atoms with van der Waals surface area (Å²) in [6.07, 6.45) is -4.76. The number of anilines is 1. The molecule has 0 fully saturated rings. The van der Waals surface area contributed by atoms with Crippen molar-refractivity contribution in [1.29, 1.82) is 0 Å². The lowest BCUT2D eigenvalue weighted by Crippen LogP contribution is -2.32. The number of fused-ring (bicyclic) bond motifs is 3. The van der Waals surface area contributed by atoms with Crippen molar-refractivity contribution in [1.82, 2.24) is 14.5 Å². The van der Waals surface area contributed by atoms with Crippen LogP contribution in [0.3, 0.4) is 0 Å². The quantitative estimate of drug-likeness (QED) is 0.579. The molecule has 0 amide bonds. The number of nitrogens with one attached hydrogen (secondary N) is 1. The second-order valence-corrected chi connectivity index (χ2v) is 7.97. The van der Waals surface area contributed by atoms with E-state index in [1.807, 2.05) is 19.9 Å². The van der Waals surface area contributed by atoms with E-state index in [4.69, 9.17) is 4.74 Å². The third-order valence-electron chi connectivity index (χ3n) is 5.41. The van der Waals surface area contributed by atoms with Gasteiger partial charge in [0, 0.05) is 12.1 Å². The van der Waals surface area contributed by atoms with Crippen LogP contribution in [0.2, 0.25) is 0 Å². The van der Waals surface area contributed by atoms with Gasteiger partial charge in [-0.1, -0.05) is 12.1 Å². The molecule has 2 aromatic heterocycles. The first kappa shape index (κ1) is 20.6. The molecule has 0 unspecified atom stereocenters. The Labute approximate surface area is 171 Å².